The molecule has 2 heterocycles. The second-order valence-electron chi connectivity index (χ2n) is 8.63. The van der Waals surface area contributed by atoms with Crippen molar-refractivity contribution in [1.29, 1.82) is 0 Å². The van der Waals surface area contributed by atoms with E-state index in [0.717, 1.165) is 41.0 Å². The van der Waals surface area contributed by atoms with Gasteiger partial charge < -0.3 is 10.4 Å². The lowest BCUT2D eigenvalue weighted by Crippen LogP contribution is -2.43. The van der Waals surface area contributed by atoms with Crippen LogP contribution in [0.4, 0.5) is 0 Å². The molecule has 2 bridgehead atoms. The number of nitrogens with one attached hydrogen (secondary N) is 1. The molecule has 4 rings (SSSR count). The van der Waals surface area contributed by atoms with Gasteiger partial charge in [0.2, 0.25) is 0 Å². The molecule has 2 aromatic heterocycles. The third-order valence-electron chi connectivity index (χ3n) is 6.64. The molecule has 9 heteroatoms. The fourth-order valence-corrected chi connectivity index (χ4v) is 7.60. The Hall–Kier alpha value is -2.39. The highest BCUT2D eigenvalue weighted by molar-refractivity contribution is 7.92. The van der Waals surface area contributed by atoms with Crippen LogP contribution < -0.4 is 5.32 Å². The van der Waals surface area contributed by atoms with Gasteiger partial charge in [0.25, 0.3) is 15.9 Å². The molecule has 172 valence electrons. The minimum atomic E-state index is -3.67. The summed E-state index contributed by atoms with van der Waals surface area (Å²) < 4.78 is 26.6. The third kappa shape index (κ3) is 4.83. The molecule has 0 aromatic carbocycles. The van der Waals surface area contributed by atoms with Crippen molar-refractivity contribution in [1.82, 2.24) is 9.29 Å². The predicted octanol–water partition coefficient (Wildman–Crippen LogP) is 4.13. The number of unbranched alkanes of at least 4 members (excludes halogenated alkanes) is 1. The summed E-state index contributed by atoms with van der Waals surface area (Å²) in [4.78, 5) is 24.0. The van der Waals surface area contributed by atoms with Crippen LogP contribution in [0.25, 0.3) is 0 Å². The number of carboxylic acids is 1. The van der Waals surface area contributed by atoms with E-state index in [1.54, 1.807) is 18.2 Å². The van der Waals surface area contributed by atoms with Crippen LogP contribution in [0.5, 0.6) is 0 Å². The summed E-state index contributed by atoms with van der Waals surface area (Å²) in [6.07, 6.45) is 13.0. The number of carbonyl (C=O) groups excluding carboxylic acids is 1. The highest BCUT2D eigenvalue weighted by atomic mass is 32.2. The summed E-state index contributed by atoms with van der Waals surface area (Å²) in [6, 6.07) is 6.47. The van der Waals surface area contributed by atoms with Crippen molar-refractivity contribution in [3.63, 3.8) is 0 Å². The highest BCUT2D eigenvalue weighted by Gasteiger charge is 2.47. The minimum absolute atomic E-state index is 0.0940. The van der Waals surface area contributed by atoms with Gasteiger partial charge in [-0.3, -0.25) is 9.59 Å². The molecule has 2 aliphatic rings. The Balaban J connectivity index is 1.38. The molecule has 0 spiro atoms. The van der Waals surface area contributed by atoms with Crippen molar-refractivity contribution in [2.75, 3.05) is 0 Å². The smallest absolute Gasteiger partial charge is 0.303 e. The maximum Gasteiger partial charge on any atom is 0.303 e. The zero-order chi connectivity index (χ0) is 22.7. The Morgan fingerprint density at radius 2 is 1.91 bits per heavy atom. The lowest BCUT2D eigenvalue weighted by Gasteiger charge is -2.31. The topological polar surface area (TPSA) is 105 Å². The van der Waals surface area contributed by atoms with Gasteiger partial charge in [-0.15, -0.1) is 11.3 Å². The molecule has 2 saturated carbocycles. The van der Waals surface area contributed by atoms with Crippen LogP contribution in [0.1, 0.15) is 54.6 Å². The zero-order valence-electron chi connectivity index (χ0n) is 17.7. The van der Waals surface area contributed by atoms with Gasteiger partial charge >= 0.3 is 5.97 Å². The van der Waals surface area contributed by atoms with Gasteiger partial charge in [-0.25, -0.2) is 3.97 Å². The van der Waals surface area contributed by atoms with E-state index in [4.69, 9.17) is 5.11 Å². The second-order valence-corrected chi connectivity index (χ2v) is 11.8. The van der Waals surface area contributed by atoms with Crippen molar-refractivity contribution in [2.45, 2.75) is 55.2 Å². The van der Waals surface area contributed by atoms with E-state index in [1.165, 1.54) is 24.9 Å². The molecule has 2 N–H and O–H groups in total. The predicted molar refractivity (Wildman–Crippen MR) is 122 cm³/mol. The largest absolute Gasteiger partial charge is 0.481 e. The molecule has 1 amide bonds. The lowest BCUT2D eigenvalue weighted by molar-refractivity contribution is -0.137. The molecule has 0 unspecified atom stereocenters. The summed E-state index contributed by atoms with van der Waals surface area (Å²) in [5.41, 5.74) is 0. The van der Waals surface area contributed by atoms with Gasteiger partial charge in [-0.2, -0.15) is 8.42 Å². The van der Waals surface area contributed by atoms with Crippen LogP contribution in [-0.4, -0.2) is 35.4 Å². The number of aromatic nitrogens is 1. The van der Waals surface area contributed by atoms with Crippen LogP contribution in [0.2, 0.25) is 0 Å². The van der Waals surface area contributed by atoms with Gasteiger partial charge in [-0.05, 0) is 80.5 Å². The van der Waals surface area contributed by atoms with Gasteiger partial charge in [-0.1, -0.05) is 12.2 Å². The zero-order valence-corrected chi connectivity index (χ0v) is 19.4. The number of carbonyl (C=O) groups is 2. The van der Waals surface area contributed by atoms with Crippen LogP contribution in [-0.2, 0) is 14.8 Å². The number of fused-ring (bicyclic) bond motifs is 2. The van der Waals surface area contributed by atoms with Gasteiger partial charge in [0.15, 0.2) is 0 Å². The Kier molecular flexibility index (Phi) is 6.85. The summed E-state index contributed by atoms with van der Waals surface area (Å²) in [6.45, 7) is 0. The summed E-state index contributed by atoms with van der Waals surface area (Å²) in [5.74, 6) is 0.458. The van der Waals surface area contributed by atoms with Crippen molar-refractivity contribution >= 4 is 33.2 Å². The number of carboxylic acid groups (broad SMARTS) is 1. The van der Waals surface area contributed by atoms with E-state index in [0.29, 0.717) is 29.1 Å². The molecule has 2 aromatic rings. The van der Waals surface area contributed by atoms with Gasteiger partial charge in [0, 0.05) is 24.9 Å². The molecular formula is C23H28N2O5S2. The second kappa shape index (κ2) is 9.62. The van der Waals surface area contributed by atoms with Gasteiger partial charge in [0.05, 0.1) is 4.88 Å². The molecule has 0 saturated heterocycles. The Morgan fingerprint density at radius 3 is 2.66 bits per heavy atom. The van der Waals surface area contributed by atoms with Crippen LogP contribution >= 0.6 is 11.3 Å². The number of allylic oxidation sites excluding steroid dienone is 2. The number of hydrogen-bond acceptors (Lipinski definition) is 5. The molecule has 2 aliphatic carbocycles. The summed E-state index contributed by atoms with van der Waals surface area (Å²) in [7, 11) is -3.67. The van der Waals surface area contributed by atoms with Crippen molar-refractivity contribution < 1.29 is 23.1 Å². The van der Waals surface area contributed by atoms with Gasteiger partial charge in [0.1, 0.15) is 4.21 Å². The Bertz CT molecular complexity index is 1090. The van der Waals surface area contributed by atoms with Crippen molar-refractivity contribution in [3.8, 4) is 0 Å². The highest BCUT2D eigenvalue weighted by Crippen LogP contribution is 2.50. The fraction of sp³-hybridized carbons (Fsp3) is 0.478. The Morgan fingerprint density at radius 1 is 1.16 bits per heavy atom. The van der Waals surface area contributed by atoms with E-state index < -0.39 is 16.0 Å². The Labute approximate surface area is 192 Å². The normalized spacial score (nSPS) is 24.9. The molecule has 4 atom stereocenters. The third-order valence-corrected chi connectivity index (χ3v) is 9.84. The number of rotatable bonds is 10. The molecule has 0 radical (unpaired) electrons. The summed E-state index contributed by atoms with van der Waals surface area (Å²) >= 11 is 0.997. The van der Waals surface area contributed by atoms with E-state index in [1.807, 2.05) is 6.08 Å². The number of nitrogens with zero attached hydrogens (tertiary/aromatic N) is 1. The quantitative estimate of drug-likeness (QED) is 0.396. The maximum atomic E-state index is 13.0. The van der Waals surface area contributed by atoms with Crippen molar-refractivity contribution in [3.05, 3.63) is 53.7 Å². The monoisotopic (exact) mass is 476 g/mol. The fourth-order valence-electron chi connectivity index (χ4n) is 5.10. The average Bonchev–Trinajstić information content (AvgIpc) is 3.55. The first-order valence-corrected chi connectivity index (χ1v) is 13.3. The molecule has 0 aliphatic heterocycles. The summed E-state index contributed by atoms with van der Waals surface area (Å²) in [5, 5.41) is 11.9. The molecule has 7 nitrogen and oxygen atoms in total. The van der Waals surface area contributed by atoms with Crippen LogP contribution in [0, 0.1) is 17.8 Å². The minimum Gasteiger partial charge on any atom is -0.481 e. The number of hydrogen-bond donors (Lipinski definition) is 2. The molecule has 2 fully saturated rings. The molecule has 32 heavy (non-hydrogen) atoms. The van der Waals surface area contributed by atoms with E-state index in [-0.39, 0.29) is 22.6 Å². The first-order valence-electron chi connectivity index (χ1n) is 11.0. The van der Waals surface area contributed by atoms with E-state index >= 15 is 0 Å². The molecular weight excluding hydrogens is 448 g/mol. The number of amides is 1. The van der Waals surface area contributed by atoms with E-state index in [2.05, 4.69) is 11.4 Å². The number of aliphatic carboxylic acids is 1. The first kappa shape index (κ1) is 22.8. The SMILES string of the molecule is O=C(O)CCC/C=C\C[C@H]1[C@@H]2CC[C@@H](C2)[C@@H]1NC(=O)c1ccc(S(=O)(=O)n2cccc2)s1. The van der Waals surface area contributed by atoms with Crippen molar-refractivity contribution in [2.24, 2.45) is 17.8 Å². The first-order chi connectivity index (χ1) is 15.4. The average molecular weight is 477 g/mol. The van der Waals surface area contributed by atoms with Crippen LogP contribution in [0.15, 0.2) is 53.0 Å². The maximum absolute atomic E-state index is 13.0. The lowest BCUT2D eigenvalue weighted by atomic mass is 9.82. The number of thiophene rings is 1. The standard InChI is InChI=1S/C23H28N2O5S2/c26-20(27)8-4-2-1-3-7-18-16-9-10-17(15-16)22(18)24-23(28)19-11-12-21(31-19)32(29,30)25-13-5-6-14-25/h1,3,5-6,11-14,16-18,22H,2,4,7-10,15H2,(H,24,28)(H,26,27)/b3-1-/t16-,17+,18+,22+/m1/s1. The van der Waals surface area contributed by atoms with Crippen LogP contribution in [0.3, 0.4) is 0 Å². The van der Waals surface area contributed by atoms with E-state index in [9.17, 15) is 18.0 Å².